The van der Waals surface area contributed by atoms with Crippen LogP contribution in [0.2, 0.25) is 0 Å². The molecule has 1 atom stereocenters. The van der Waals surface area contributed by atoms with E-state index in [-0.39, 0.29) is 23.4 Å². The van der Waals surface area contributed by atoms with E-state index >= 15 is 0 Å². The summed E-state index contributed by atoms with van der Waals surface area (Å²) in [6, 6.07) is 0. The summed E-state index contributed by atoms with van der Waals surface area (Å²) in [4.78, 5) is 25.0. The predicted molar refractivity (Wildman–Crippen MR) is 100 cm³/mol. The molecule has 0 amide bonds. The fraction of sp³-hybridized carbons (Fsp3) is 0.905. The third-order valence-corrected chi connectivity index (χ3v) is 5.58. The first kappa shape index (κ1) is 22.0. The second kappa shape index (κ2) is 7.67. The molecule has 0 radical (unpaired) electrons. The van der Waals surface area contributed by atoms with Gasteiger partial charge in [-0.05, 0) is 56.8 Å². The lowest BCUT2D eigenvalue weighted by molar-refractivity contribution is -0.179. The van der Waals surface area contributed by atoms with Crippen LogP contribution < -0.4 is 0 Å². The summed E-state index contributed by atoms with van der Waals surface area (Å²) < 4.78 is 11.0. The number of rotatable bonds is 5. The highest BCUT2D eigenvalue weighted by Crippen LogP contribution is 2.47. The van der Waals surface area contributed by atoms with Gasteiger partial charge in [0.15, 0.2) is 6.61 Å². The van der Waals surface area contributed by atoms with E-state index in [2.05, 4.69) is 20.8 Å². The Labute approximate surface area is 154 Å². The Balaban J connectivity index is 2.69. The van der Waals surface area contributed by atoms with Crippen LogP contribution in [0.25, 0.3) is 0 Å². The molecule has 0 saturated heterocycles. The Hall–Kier alpha value is -1.06. The zero-order chi connectivity index (χ0) is 19.5. The maximum absolute atomic E-state index is 12.8. The molecular weight excluding hydrogens is 316 g/mol. The fourth-order valence-corrected chi connectivity index (χ4v) is 3.69. The smallest absolute Gasteiger partial charge is 0.344 e. The lowest BCUT2D eigenvalue weighted by atomic mass is 9.61. The van der Waals surface area contributed by atoms with Crippen molar-refractivity contribution in [3.8, 4) is 0 Å². The summed E-state index contributed by atoms with van der Waals surface area (Å²) in [6.07, 6.45) is 5.81. The Morgan fingerprint density at radius 1 is 0.920 bits per heavy atom. The summed E-state index contributed by atoms with van der Waals surface area (Å²) in [7, 11) is 0. The monoisotopic (exact) mass is 354 g/mol. The third kappa shape index (κ3) is 6.31. The van der Waals surface area contributed by atoms with Gasteiger partial charge in [0.1, 0.15) is 5.60 Å². The average Bonchev–Trinajstić information content (AvgIpc) is 2.41. The highest BCUT2D eigenvalue weighted by Gasteiger charge is 2.48. The topological polar surface area (TPSA) is 52.6 Å². The van der Waals surface area contributed by atoms with Gasteiger partial charge >= 0.3 is 11.9 Å². The van der Waals surface area contributed by atoms with Crippen molar-refractivity contribution in [2.75, 3.05) is 6.61 Å². The van der Waals surface area contributed by atoms with E-state index < -0.39 is 17.0 Å². The standard InChI is InChI=1S/C21H38O4/c1-18(2,3)15-21(8,19(4,5)6)17(23)24-14-16(22)25-20(7)12-10-9-11-13-20/h9-15H2,1-8H3. The first-order chi connectivity index (χ1) is 11.2. The van der Waals surface area contributed by atoms with E-state index in [1.54, 1.807) is 0 Å². The minimum atomic E-state index is -0.666. The Kier molecular flexibility index (Phi) is 6.75. The van der Waals surface area contributed by atoms with Crippen LogP contribution in [0, 0.1) is 16.2 Å². The van der Waals surface area contributed by atoms with Crippen LogP contribution in [-0.2, 0) is 19.1 Å². The largest absolute Gasteiger partial charge is 0.457 e. The molecular formula is C21H38O4. The Bertz CT molecular complexity index is 475. The van der Waals surface area contributed by atoms with Gasteiger partial charge in [-0.2, -0.15) is 0 Å². The van der Waals surface area contributed by atoms with Gasteiger partial charge in [-0.1, -0.05) is 48.0 Å². The number of carbonyl (C=O) groups is 2. The molecule has 25 heavy (non-hydrogen) atoms. The van der Waals surface area contributed by atoms with Crippen molar-refractivity contribution in [2.24, 2.45) is 16.2 Å². The number of hydrogen-bond acceptors (Lipinski definition) is 4. The first-order valence-corrected chi connectivity index (χ1v) is 9.58. The van der Waals surface area contributed by atoms with Gasteiger partial charge in [0.25, 0.3) is 0 Å². The molecule has 0 aliphatic heterocycles. The van der Waals surface area contributed by atoms with Crippen molar-refractivity contribution in [1.82, 2.24) is 0 Å². The lowest BCUT2D eigenvalue weighted by Crippen LogP contribution is -2.45. The molecule has 4 heteroatoms. The molecule has 1 rings (SSSR count). The number of esters is 2. The third-order valence-electron chi connectivity index (χ3n) is 5.58. The van der Waals surface area contributed by atoms with Gasteiger partial charge in [0.05, 0.1) is 5.41 Å². The summed E-state index contributed by atoms with van der Waals surface area (Å²) >= 11 is 0. The van der Waals surface area contributed by atoms with Crippen molar-refractivity contribution in [1.29, 1.82) is 0 Å². The molecule has 1 unspecified atom stereocenters. The van der Waals surface area contributed by atoms with Crippen LogP contribution in [0.4, 0.5) is 0 Å². The predicted octanol–water partition coefficient (Wildman–Crippen LogP) is 5.28. The molecule has 0 aromatic carbocycles. The lowest BCUT2D eigenvalue weighted by Gasteiger charge is -2.43. The highest BCUT2D eigenvalue weighted by molar-refractivity contribution is 5.81. The van der Waals surface area contributed by atoms with Gasteiger partial charge in [-0.3, -0.25) is 4.79 Å². The molecule has 0 aromatic heterocycles. The van der Waals surface area contributed by atoms with Crippen LogP contribution >= 0.6 is 0 Å². The molecule has 4 nitrogen and oxygen atoms in total. The van der Waals surface area contributed by atoms with Crippen molar-refractivity contribution in [2.45, 2.75) is 99.5 Å². The number of carbonyl (C=O) groups excluding carboxylic acids is 2. The zero-order valence-corrected chi connectivity index (χ0v) is 17.6. The number of hydrogen-bond donors (Lipinski definition) is 0. The molecule has 0 bridgehead atoms. The molecule has 0 spiro atoms. The van der Waals surface area contributed by atoms with E-state index in [4.69, 9.17) is 9.47 Å². The van der Waals surface area contributed by atoms with Gasteiger partial charge in [0, 0.05) is 0 Å². The van der Waals surface area contributed by atoms with E-state index in [1.165, 1.54) is 6.42 Å². The van der Waals surface area contributed by atoms with E-state index in [0.717, 1.165) is 25.7 Å². The molecule has 1 fully saturated rings. The number of ether oxygens (including phenoxy) is 2. The van der Waals surface area contributed by atoms with E-state index in [0.29, 0.717) is 6.42 Å². The fourth-order valence-electron chi connectivity index (χ4n) is 3.69. The van der Waals surface area contributed by atoms with E-state index in [9.17, 15) is 9.59 Å². The maximum Gasteiger partial charge on any atom is 0.344 e. The van der Waals surface area contributed by atoms with E-state index in [1.807, 2.05) is 34.6 Å². The van der Waals surface area contributed by atoms with Crippen LogP contribution in [0.5, 0.6) is 0 Å². The normalized spacial score (nSPS) is 20.5. The second-order valence-electron chi connectivity index (χ2n) is 10.4. The molecule has 1 saturated carbocycles. The van der Waals surface area contributed by atoms with Gasteiger partial charge in [-0.25, -0.2) is 4.79 Å². The Morgan fingerprint density at radius 3 is 1.88 bits per heavy atom. The molecule has 0 aromatic rings. The highest BCUT2D eigenvalue weighted by atomic mass is 16.6. The van der Waals surface area contributed by atoms with Crippen molar-refractivity contribution in [3.05, 3.63) is 0 Å². The zero-order valence-electron chi connectivity index (χ0n) is 17.6. The van der Waals surface area contributed by atoms with Gasteiger partial charge in [-0.15, -0.1) is 0 Å². The first-order valence-electron chi connectivity index (χ1n) is 9.58. The molecule has 1 aliphatic carbocycles. The minimum absolute atomic E-state index is 0.0167. The van der Waals surface area contributed by atoms with Crippen LogP contribution in [-0.4, -0.2) is 24.1 Å². The molecule has 146 valence electrons. The molecule has 0 heterocycles. The van der Waals surface area contributed by atoms with Crippen molar-refractivity contribution < 1.29 is 19.1 Å². The second-order valence-corrected chi connectivity index (χ2v) is 10.4. The quantitative estimate of drug-likeness (QED) is 0.630. The summed E-state index contributed by atoms with van der Waals surface area (Å²) in [5.41, 5.74) is -1.35. The van der Waals surface area contributed by atoms with Gasteiger partial charge < -0.3 is 9.47 Å². The summed E-state index contributed by atoms with van der Waals surface area (Å²) in [5.74, 6) is -0.759. The average molecular weight is 355 g/mol. The molecule has 1 aliphatic rings. The SMILES string of the molecule is CC(C)(C)CC(C)(C(=O)OCC(=O)OC1(C)CCCCC1)C(C)(C)C. The van der Waals surface area contributed by atoms with Crippen LogP contribution in [0.15, 0.2) is 0 Å². The summed E-state index contributed by atoms with van der Waals surface area (Å²) in [6.45, 7) is 16.1. The van der Waals surface area contributed by atoms with Crippen molar-refractivity contribution >= 4 is 11.9 Å². The molecule has 0 N–H and O–H groups in total. The van der Waals surface area contributed by atoms with Crippen molar-refractivity contribution in [3.63, 3.8) is 0 Å². The van der Waals surface area contributed by atoms with Crippen LogP contribution in [0.1, 0.15) is 93.9 Å². The van der Waals surface area contributed by atoms with Crippen LogP contribution in [0.3, 0.4) is 0 Å². The Morgan fingerprint density at radius 2 is 1.44 bits per heavy atom. The summed E-state index contributed by atoms with van der Waals surface area (Å²) in [5, 5.41) is 0. The van der Waals surface area contributed by atoms with Gasteiger partial charge in [0.2, 0.25) is 0 Å². The maximum atomic E-state index is 12.8. The minimum Gasteiger partial charge on any atom is -0.457 e.